The normalized spacial score (nSPS) is 10.5. The molecule has 2 aromatic carbocycles. The first-order chi connectivity index (χ1) is 13.1. The number of para-hydroxylation sites is 1. The van der Waals surface area contributed by atoms with Crippen molar-refractivity contribution in [3.8, 4) is 5.75 Å². The third-order valence-corrected chi connectivity index (χ3v) is 4.20. The van der Waals surface area contributed by atoms with Gasteiger partial charge in [0.2, 0.25) is 0 Å². The molecule has 1 aromatic heterocycles. The molecular formula is C22H23N3O2. The van der Waals surface area contributed by atoms with Crippen molar-refractivity contribution in [1.82, 2.24) is 4.98 Å². The van der Waals surface area contributed by atoms with E-state index in [1.54, 1.807) is 31.5 Å². The summed E-state index contributed by atoms with van der Waals surface area (Å²) in [7, 11) is 1.59. The maximum absolute atomic E-state index is 12.4. The lowest BCUT2D eigenvalue weighted by Crippen LogP contribution is -2.12. The molecule has 27 heavy (non-hydrogen) atoms. The highest BCUT2D eigenvalue weighted by molar-refractivity contribution is 6.04. The number of benzene rings is 2. The van der Waals surface area contributed by atoms with Crippen molar-refractivity contribution in [3.05, 3.63) is 78.0 Å². The molecule has 0 spiro atoms. The van der Waals surface area contributed by atoms with E-state index in [1.165, 1.54) is 5.56 Å². The Bertz CT molecular complexity index is 921. The number of rotatable bonds is 6. The molecule has 1 heterocycles. The molecule has 0 radical (unpaired) electrons. The Morgan fingerprint density at radius 1 is 1.04 bits per heavy atom. The van der Waals surface area contributed by atoms with Crippen LogP contribution in [-0.2, 0) is 0 Å². The second-order valence-corrected chi connectivity index (χ2v) is 6.49. The zero-order chi connectivity index (χ0) is 19.2. The van der Waals surface area contributed by atoms with Crippen LogP contribution in [-0.4, -0.2) is 18.0 Å². The first-order valence-corrected chi connectivity index (χ1v) is 8.84. The van der Waals surface area contributed by atoms with Crippen LogP contribution in [0, 0.1) is 0 Å². The van der Waals surface area contributed by atoms with E-state index in [1.807, 2.05) is 36.4 Å². The van der Waals surface area contributed by atoms with Gasteiger partial charge in [-0.15, -0.1) is 0 Å². The highest BCUT2D eigenvalue weighted by atomic mass is 16.5. The van der Waals surface area contributed by atoms with E-state index < -0.39 is 0 Å². The summed E-state index contributed by atoms with van der Waals surface area (Å²) in [6.45, 7) is 4.31. The molecule has 0 fully saturated rings. The van der Waals surface area contributed by atoms with Gasteiger partial charge in [-0.2, -0.15) is 0 Å². The number of hydrogen-bond donors (Lipinski definition) is 2. The molecule has 5 heteroatoms. The molecule has 138 valence electrons. The van der Waals surface area contributed by atoms with Crippen molar-refractivity contribution >= 4 is 23.1 Å². The maximum Gasteiger partial charge on any atom is 0.257 e. The minimum atomic E-state index is -0.218. The van der Waals surface area contributed by atoms with Crippen LogP contribution in [0.15, 0.2) is 66.9 Å². The van der Waals surface area contributed by atoms with E-state index in [-0.39, 0.29) is 5.91 Å². The summed E-state index contributed by atoms with van der Waals surface area (Å²) in [6.07, 6.45) is 1.57. The molecule has 0 aliphatic heterocycles. The van der Waals surface area contributed by atoms with Crippen LogP contribution in [0.25, 0.3) is 0 Å². The number of carbonyl (C=O) groups is 1. The molecule has 0 saturated heterocycles. The average Bonchev–Trinajstić information content (AvgIpc) is 2.69. The Kier molecular flexibility index (Phi) is 5.71. The smallest absolute Gasteiger partial charge is 0.257 e. The second kappa shape index (κ2) is 8.36. The van der Waals surface area contributed by atoms with E-state index >= 15 is 0 Å². The molecule has 1 amide bonds. The number of aromatic nitrogens is 1. The van der Waals surface area contributed by atoms with E-state index in [9.17, 15) is 4.79 Å². The predicted molar refractivity (Wildman–Crippen MR) is 109 cm³/mol. The van der Waals surface area contributed by atoms with Gasteiger partial charge in [0.25, 0.3) is 5.91 Å². The quantitative estimate of drug-likeness (QED) is 0.633. The van der Waals surface area contributed by atoms with E-state index in [0.29, 0.717) is 28.7 Å². The van der Waals surface area contributed by atoms with Gasteiger partial charge in [0, 0.05) is 23.6 Å². The highest BCUT2D eigenvalue weighted by Crippen LogP contribution is 2.26. The van der Waals surface area contributed by atoms with Gasteiger partial charge < -0.3 is 15.4 Å². The summed E-state index contributed by atoms with van der Waals surface area (Å²) in [5.74, 6) is 1.57. The third-order valence-electron chi connectivity index (χ3n) is 4.20. The molecule has 0 saturated carbocycles. The molecule has 0 aliphatic rings. The number of nitrogens with one attached hydrogen (secondary N) is 2. The van der Waals surface area contributed by atoms with Gasteiger partial charge in [-0.05, 0) is 41.8 Å². The minimum absolute atomic E-state index is 0.218. The summed E-state index contributed by atoms with van der Waals surface area (Å²) in [5.41, 5.74) is 3.40. The first-order valence-electron chi connectivity index (χ1n) is 8.84. The van der Waals surface area contributed by atoms with Gasteiger partial charge in [-0.3, -0.25) is 4.79 Å². The van der Waals surface area contributed by atoms with Crippen LogP contribution in [0.1, 0.15) is 35.7 Å². The highest BCUT2D eigenvalue weighted by Gasteiger charge is 2.09. The van der Waals surface area contributed by atoms with Gasteiger partial charge in [-0.1, -0.05) is 38.1 Å². The van der Waals surface area contributed by atoms with Crippen LogP contribution >= 0.6 is 0 Å². The Hall–Kier alpha value is -3.34. The SMILES string of the molecule is COc1cccc(NC(=O)c2ccc(Nc3ccccc3C(C)C)nc2)c1. The van der Waals surface area contributed by atoms with Crippen molar-refractivity contribution in [2.24, 2.45) is 0 Å². The lowest BCUT2D eigenvalue weighted by atomic mass is 10.0. The summed E-state index contributed by atoms with van der Waals surface area (Å²) in [4.78, 5) is 16.8. The number of carbonyl (C=O) groups excluding carboxylic acids is 1. The molecule has 0 aliphatic carbocycles. The average molecular weight is 361 g/mol. The number of hydrogen-bond acceptors (Lipinski definition) is 4. The Labute approximate surface area is 159 Å². The summed E-state index contributed by atoms with van der Waals surface area (Å²) in [6, 6.07) is 18.9. The molecule has 5 nitrogen and oxygen atoms in total. The van der Waals surface area contributed by atoms with Gasteiger partial charge in [0.05, 0.1) is 12.7 Å². The van der Waals surface area contributed by atoms with Gasteiger partial charge in [-0.25, -0.2) is 4.98 Å². The molecule has 0 bridgehead atoms. The number of amides is 1. The van der Waals surface area contributed by atoms with Gasteiger partial charge >= 0.3 is 0 Å². The predicted octanol–water partition coefficient (Wildman–Crippen LogP) is 5.21. The first kappa shape index (κ1) is 18.5. The number of ether oxygens (including phenoxy) is 1. The minimum Gasteiger partial charge on any atom is -0.497 e. The van der Waals surface area contributed by atoms with Crippen LogP contribution in [0.4, 0.5) is 17.2 Å². The van der Waals surface area contributed by atoms with E-state index in [4.69, 9.17) is 4.74 Å². The number of methoxy groups -OCH3 is 1. The fourth-order valence-corrected chi connectivity index (χ4v) is 2.76. The van der Waals surface area contributed by atoms with Crippen molar-refractivity contribution in [1.29, 1.82) is 0 Å². The van der Waals surface area contributed by atoms with Crippen molar-refractivity contribution < 1.29 is 9.53 Å². The molecule has 3 aromatic rings. The topological polar surface area (TPSA) is 63.2 Å². The monoisotopic (exact) mass is 361 g/mol. The summed E-state index contributed by atoms with van der Waals surface area (Å²) >= 11 is 0. The zero-order valence-electron chi connectivity index (χ0n) is 15.7. The summed E-state index contributed by atoms with van der Waals surface area (Å²) in [5, 5.41) is 6.17. The van der Waals surface area contributed by atoms with Crippen LogP contribution in [0.3, 0.4) is 0 Å². The van der Waals surface area contributed by atoms with Gasteiger partial charge in [0.15, 0.2) is 0 Å². The standard InChI is InChI=1S/C22H23N3O2/c1-15(2)19-9-4-5-10-20(19)25-21-12-11-16(14-23-21)22(26)24-17-7-6-8-18(13-17)27-3/h4-15H,1-3H3,(H,23,25)(H,24,26). The van der Waals surface area contributed by atoms with Crippen molar-refractivity contribution in [2.75, 3.05) is 17.7 Å². The third kappa shape index (κ3) is 4.64. The van der Waals surface area contributed by atoms with Gasteiger partial charge in [0.1, 0.15) is 11.6 Å². The lowest BCUT2D eigenvalue weighted by molar-refractivity contribution is 0.102. The fraction of sp³-hybridized carbons (Fsp3) is 0.182. The zero-order valence-corrected chi connectivity index (χ0v) is 15.7. The van der Waals surface area contributed by atoms with Crippen LogP contribution < -0.4 is 15.4 Å². The number of pyridine rings is 1. The maximum atomic E-state index is 12.4. The Morgan fingerprint density at radius 2 is 1.85 bits per heavy atom. The molecular weight excluding hydrogens is 338 g/mol. The van der Waals surface area contributed by atoms with Crippen molar-refractivity contribution in [2.45, 2.75) is 19.8 Å². The number of anilines is 3. The largest absolute Gasteiger partial charge is 0.497 e. The lowest BCUT2D eigenvalue weighted by Gasteiger charge is -2.14. The molecule has 3 rings (SSSR count). The second-order valence-electron chi connectivity index (χ2n) is 6.49. The van der Waals surface area contributed by atoms with Crippen LogP contribution in [0.5, 0.6) is 5.75 Å². The Morgan fingerprint density at radius 3 is 2.56 bits per heavy atom. The summed E-state index contributed by atoms with van der Waals surface area (Å²) < 4.78 is 5.17. The van der Waals surface area contributed by atoms with Crippen LogP contribution in [0.2, 0.25) is 0 Å². The number of nitrogens with zero attached hydrogens (tertiary/aromatic N) is 1. The van der Waals surface area contributed by atoms with Crippen molar-refractivity contribution in [3.63, 3.8) is 0 Å². The van der Waals surface area contributed by atoms with E-state index in [2.05, 4.69) is 35.5 Å². The molecule has 2 N–H and O–H groups in total. The fourth-order valence-electron chi connectivity index (χ4n) is 2.76. The van der Waals surface area contributed by atoms with E-state index in [0.717, 1.165) is 5.69 Å². The molecule has 0 atom stereocenters. The molecule has 0 unspecified atom stereocenters. The Balaban J connectivity index is 1.71.